The van der Waals surface area contributed by atoms with Crippen LogP contribution in [0.15, 0.2) is 36.7 Å². The molecule has 0 saturated heterocycles. The molecular weight excluding hydrogens is 216 g/mol. The summed E-state index contributed by atoms with van der Waals surface area (Å²) in [5.41, 5.74) is 2.71. The number of nitrogens with one attached hydrogen (secondary N) is 1. The van der Waals surface area contributed by atoms with Gasteiger partial charge in [0.2, 0.25) is 0 Å². The van der Waals surface area contributed by atoms with Gasteiger partial charge in [-0.15, -0.1) is 0 Å². The van der Waals surface area contributed by atoms with E-state index in [1.165, 1.54) is 17.5 Å². The summed E-state index contributed by atoms with van der Waals surface area (Å²) in [5.74, 6) is 0. The standard InChI is InChI=1S/C13H16N2S/c1-2-4-11-5-3-6-12(9-11)10-15-8-7-14-13(15)16/h3,5-9H,2,4,10H2,1H3,(H,14,16). The molecule has 2 rings (SSSR count). The molecule has 0 aliphatic heterocycles. The van der Waals surface area contributed by atoms with Gasteiger partial charge in [-0.1, -0.05) is 37.6 Å². The summed E-state index contributed by atoms with van der Waals surface area (Å²) in [6.45, 7) is 3.05. The molecule has 0 amide bonds. The third kappa shape index (κ3) is 2.61. The van der Waals surface area contributed by atoms with Gasteiger partial charge in [0.25, 0.3) is 0 Å². The number of rotatable bonds is 4. The Bertz CT molecular complexity index is 510. The number of imidazole rings is 1. The average molecular weight is 232 g/mol. The van der Waals surface area contributed by atoms with Gasteiger partial charge in [0, 0.05) is 18.9 Å². The fourth-order valence-corrected chi connectivity index (χ4v) is 2.04. The molecule has 2 aromatic rings. The smallest absolute Gasteiger partial charge is 0.177 e. The second-order valence-corrected chi connectivity index (χ2v) is 4.35. The number of hydrogen-bond acceptors (Lipinski definition) is 1. The number of H-pyrrole nitrogens is 1. The summed E-state index contributed by atoms with van der Waals surface area (Å²) < 4.78 is 2.82. The molecule has 1 heterocycles. The van der Waals surface area contributed by atoms with Crippen LogP contribution in [-0.2, 0) is 13.0 Å². The average Bonchev–Trinajstić information content (AvgIpc) is 2.66. The van der Waals surface area contributed by atoms with Crippen LogP contribution < -0.4 is 0 Å². The van der Waals surface area contributed by atoms with Crippen LogP contribution in [0.25, 0.3) is 0 Å². The van der Waals surface area contributed by atoms with Crippen LogP contribution in [-0.4, -0.2) is 9.55 Å². The lowest BCUT2D eigenvalue weighted by molar-refractivity contribution is 0.781. The molecule has 1 N–H and O–H groups in total. The highest BCUT2D eigenvalue weighted by atomic mass is 32.1. The predicted molar refractivity (Wildman–Crippen MR) is 69.2 cm³/mol. The van der Waals surface area contributed by atoms with Crippen LogP contribution in [0, 0.1) is 4.77 Å². The largest absolute Gasteiger partial charge is 0.337 e. The van der Waals surface area contributed by atoms with E-state index in [9.17, 15) is 0 Å². The summed E-state index contributed by atoms with van der Waals surface area (Å²) >= 11 is 5.18. The van der Waals surface area contributed by atoms with Crippen molar-refractivity contribution < 1.29 is 0 Å². The zero-order chi connectivity index (χ0) is 11.4. The van der Waals surface area contributed by atoms with Crippen molar-refractivity contribution in [2.24, 2.45) is 0 Å². The third-order valence-corrected chi connectivity index (χ3v) is 2.96. The molecule has 0 bridgehead atoms. The van der Waals surface area contributed by atoms with E-state index in [0.717, 1.165) is 17.7 Å². The highest BCUT2D eigenvalue weighted by Crippen LogP contribution is 2.09. The topological polar surface area (TPSA) is 20.7 Å². The Hall–Kier alpha value is -1.35. The van der Waals surface area contributed by atoms with Crippen molar-refractivity contribution >= 4 is 12.2 Å². The number of aromatic amines is 1. The van der Waals surface area contributed by atoms with Crippen LogP contribution in [0.5, 0.6) is 0 Å². The predicted octanol–water partition coefficient (Wildman–Crippen LogP) is 3.55. The van der Waals surface area contributed by atoms with Crippen molar-refractivity contribution in [3.63, 3.8) is 0 Å². The molecule has 0 aliphatic rings. The van der Waals surface area contributed by atoms with Crippen molar-refractivity contribution in [2.45, 2.75) is 26.3 Å². The van der Waals surface area contributed by atoms with Crippen LogP contribution in [0.2, 0.25) is 0 Å². The van der Waals surface area contributed by atoms with Gasteiger partial charge in [0.15, 0.2) is 4.77 Å². The Morgan fingerprint density at radius 1 is 1.31 bits per heavy atom. The minimum absolute atomic E-state index is 0.779. The van der Waals surface area contributed by atoms with E-state index < -0.39 is 0 Å². The summed E-state index contributed by atoms with van der Waals surface area (Å²) in [6, 6.07) is 8.71. The fraction of sp³-hybridized carbons (Fsp3) is 0.308. The number of aryl methyl sites for hydroxylation is 1. The van der Waals surface area contributed by atoms with Crippen molar-refractivity contribution in [3.8, 4) is 0 Å². The maximum atomic E-state index is 5.18. The van der Waals surface area contributed by atoms with Crippen molar-refractivity contribution in [2.75, 3.05) is 0 Å². The lowest BCUT2D eigenvalue weighted by Gasteiger charge is -2.05. The van der Waals surface area contributed by atoms with Crippen LogP contribution in [0.1, 0.15) is 24.5 Å². The van der Waals surface area contributed by atoms with Gasteiger partial charge in [0.1, 0.15) is 0 Å². The first-order valence-corrected chi connectivity index (χ1v) is 6.02. The Morgan fingerprint density at radius 3 is 2.81 bits per heavy atom. The zero-order valence-electron chi connectivity index (χ0n) is 9.44. The van der Waals surface area contributed by atoms with Gasteiger partial charge < -0.3 is 9.55 Å². The van der Waals surface area contributed by atoms with Gasteiger partial charge >= 0.3 is 0 Å². The monoisotopic (exact) mass is 232 g/mol. The highest BCUT2D eigenvalue weighted by molar-refractivity contribution is 7.71. The summed E-state index contributed by atoms with van der Waals surface area (Å²) in [6.07, 6.45) is 6.19. The Morgan fingerprint density at radius 2 is 2.12 bits per heavy atom. The van der Waals surface area contributed by atoms with Gasteiger partial charge in [-0.05, 0) is 29.8 Å². The quantitative estimate of drug-likeness (QED) is 0.800. The molecule has 0 radical (unpaired) electrons. The van der Waals surface area contributed by atoms with E-state index in [2.05, 4.69) is 36.2 Å². The number of hydrogen-bond donors (Lipinski definition) is 1. The molecule has 2 nitrogen and oxygen atoms in total. The lowest BCUT2D eigenvalue weighted by atomic mass is 10.1. The molecule has 1 aromatic carbocycles. The molecule has 3 heteroatoms. The second-order valence-electron chi connectivity index (χ2n) is 3.96. The SMILES string of the molecule is CCCc1cccc(Cn2cc[nH]c2=S)c1. The summed E-state index contributed by atoms with van der Waals surface area (Å²) in [5, 5.41) is 0. The van der Waals surface area contributed by atoms with E-state index in [-0.39, 0.29) is 0 Å². The Kier molecular flexibility index (Phi) is 3.57. The minimum atomic E-state index is 0.779. The van der Waals surface area contributed by atoms with Gasteiger partial charge in [0.05, 0.1) is 0 Å². The maximum absolute atomic E-state index is 5.18. The van der Waals surface area contributed by atoms with E-state index in [1.54, 1.807) is 0 Å². The lowest BCUT2D eigenvalue weighted by Crippen LogP contribution is -1.98. The molecular formula is C13H16N2S. The molecule has 0 spiro atoms. The highest BCUT2D eigenvalue weighted by Gasteiger charge is 1.98. The molecule has 0 unspecified atom stereocenters. The van der Waals surface area contributed by atoms with Gasteiger partial charge in [-0.2, -0.15) is 0 Å². The molecule has 0 aliphatic carbocycles. The normalized spacial score (nSPS) is 10.6. The molecule has 0 fully saturated rings. The number of benzene rings is 1. The van der Waals surface area contributed by atoms with E-state index in [4.69, 9.17) is 12.2 Å². The van der Waals surface area contributed by atoms with Crippen molar-refractivity contribution in [1.82, 2.24) is 9.55 Å². The number of aromatic nitrogens is 2. The van der Waals surface area contributed by atoms with E-state index in [0.29, 0.717) is 0 Å². The van der Waals surface area contributed by atoms with Crippen molar-refractivity contribution in [3.05, 3.63) is 52.6 Å². The molecule has 0 saturated carbocycles. The Labute approximate surface area is 101 Å². The van der Waals surface area contributed by atoms with Crippen LogP contribution in [0.3, 0.4) is 0 Å². The summed E-state index contributed by atoms with van der Waals surface area (Å²) in [4.78, 5) is 3.01. The molecule has 84 valence electrons. The van der Waals surface area contributed by atoms with Crippen molar-refractivity contribution in [1.29, 1.82) is 0 Å². The first kappa shape index (κ1) is 11.1. The van der Waals surface area contributed by atoms with E-state index >= 15 is 0 Å². The number of nitrogens with zero attached hydrogens (tertiary/aromatic N) is 1. The minimum Gasteiger partial charge on any atom is -0.337 e. The third-order valence-electron chi connectivity index (χ3n) is 2.61. The van der Waals surface area contributed by atoms with Gasteiger partial charge in [-0.3, -0.25) is 0 Å². The summed E-state index contributed by atoms with van der Waals surface area (Å²) in [7, 11) is 0. The van der Waals surface area contributed by atoms with E-state index in [1.807, 2.05) is 17.0 Å². The maximum Gasteiger partial charge on any atom is 0.177 e. The molecule has 0 atom stereocenters. The Balaban J connectivity index is 2.18. The van der Waals surface area contributed by atoms with Crippen LogP contribution >= 0.6 is 12.2 Å². The second kappa shape index (κ2) is 5.12. The van der Waals surface area contributed by atoms with Gasteiger partial charge in [-0.25, -0.2) is 0 Å². The fourth-order valence-electron chi connectivity index (χ4n) is 1.84. The first-order valence-electron chi connectivity index (χ1n) is 5.61. The molecule has 16 heavy (non-hydrogen) atoms. The van der Waals surface area contributed by atoms with Crippen LogP contribution in [0.4, 0.5) is 0 Å². The zero-order valence-corrected chi connectivity index (χ0v) is 10.3. The first-order chi connectivity index (χ1) is 7.79. The molecule has 1 aromatic heterocycles.